The summed E-state index contributed by atoms with van der Waals surface area (Å²) in [7, 11) is -1.22. The largest absolute Gasteiger partial charge is 0.343 e. The maximum Gasteiger partial charge on any atom is 0.223 e. The number of carbonyl (C=O) groups is 1. The Hall–Kier alpha value is -0.370. The van der Waals surface area contributed by atoms with Gasteiger partial charge in [0.1, 0.15) is 0 Å². The van der Waals surface area contributed by atoms with E-state index in [1.807, 2.05) is 11.9 Å². The van der Waals surface area contributed by atoms with Crippen molar-refractivity contribution in [1.29, 1.82) is 0 Å². The summed E-state index contributed by atoms with van der Waals surface area (Å²) in [6.07, 6.45) is 5.48. The highest BCUT2D eigenvalue weighted by molar-refractivity contribution is 7.89. The summed E-state index contributed by atoms with van der Waals surface area (Å²) in [5, 5.41) is 3.58. The van der Waals surface area contributed by atoms with E-state index < -0.39 is 10.0 Å². The first-order chi connectivity index (χ1) is 9.95. The molecule has 3 fully saturated rings. The summed E-state index contributed by atoms with van der Waals surface area (Å²) in [5.41, 5.74) is 0. The van der Waals surface area contributed by atoms with Crippen molar-refractivity contribution in [1.82, 2.24) is 14.5 Å². The van der Waals surface area contributed by atoms with Gasteiger partial charge in [-0.3, -0.25) is 4.79 Å². The van der Waals surface area contributed by atoms with Gasteiger partial charge in [-0.25, -0.2) is 12.7 Å². The van der Waals surface area contributed by atoms with Gasteiger partial charge < -0.3 is 10.2 Å². The Bertz CT molecular complexity index is 501. The van der Waals surface area contributed by atoms with E-state index in [-0.39, 0.29) is 24.1 Å². The predicted molar refractivity (Wildman–Crippen MR) is 87.6 cm³/mol. The fraction of sp³-hybridized carbons (Fsp3) is 0.929. The zero-order chi connectivity index (χ0) is 15.0. The van der Waals surface area contributed by atoms with E-state index >= 15 is 0 Å². The van der Waals surface area contributed by atoms with Crippen molar-refractivity contribution in [3.63, 3.8) is 0 Å². The van der Waals surface area contributed by atoms with Crippen LogP contribution in [0.25, 0.3) is 0 Å². The van der Waals surface area contributed by atoms with Gasteiger partial charge in [0.15, 0.2) is 0 Å². The number of amides is 1. The van der Waals surface area contributed by atoms with E-state index in [9.17, 15) is 13.2 Å². The standard InChI is InChI=1S/C14H25N3O3S.ClH/c1-16(13-9-11-3-4-12(10-13)15-11)14(18)5-7-17-6-2-8-21(17,19)20;/h11-13,15H,2-10H2,1H3;1H. The van der Waals surface area contributed by atoms with Gasteiger partial charge in [0.05, 0.1) is 5.75 Å². The van der Waals surface area contributed by atoms with Crippen LogP contribution < -0.4 is 5.32 Å². The average Bonchev–Trinajstić information content (AvgIpc) is 2.96. The third kappa shape index (κ3) is 3.75. The maximum atomic E-state index is 12.3. The second-order valence-electron chi connectivity index (χ2n) is 6.59. The Kier molecular flexibility index (Phi) is 5.74. The molecule has 0 saturated carbocycles. The highest BCUT2D eigenvalue weighted by Crippen LogP contribution is 2.29. The van der Waals surface area contributed by atoms with Gasteiger partial charge >= 0.3 is 0 Å². The minimum atomic E-state index is -3.09. The van der Waals surface area contributed by atoms with Gasteiger partial charge in [-0.1, -0.05) is 0 Å². The number of nitrogens with one attached hydrogen (secondary N) is 1. The van der Waals surface area contributed by atoms with Crippen LogP contribution in [0, 0.1) is 0 Å². The summed E-state index contributed by atoms with van der Waals surface area (Å²) >= 11 is 0. The summed E-state index contributed by atoms with van der Waals surface area (Å²) < 4.78 is 24.9. The SMILES string of the molecule is CN(C(=O)CCN1CCCS1(=O)=O)C1CC2CCC(C1)N2.Cl. The average molecular weight is 352 g/mol. The quantitative estimate of drug-likeness (QED) is 0.804. The second kappa shape index (κ2) is 7.03. The molecule has 1 amide bonds. The molecule has 3 aliphatic rings. The van der Waals surface area contributed by atoms with Gasteiger partial charge in [0, 0.05) is 44.7 Å². The van der Waals surface area contributed by atoms with Crippen molar-refractivity contribution in [3.8, 4) is 0 Å². The lowest BCUT2D eigenvalue weighted by molar-refractivity contribution is -0.132. The highest BCUT2D eigenvalue weighted by atomic mass is 35.5. The fourth-order valence-electron chi connectivity index (χ4n) is 3.89. The van der Waals surface area contributed by atoms with Gasteiger partial charge in [-0.15, -0.1) is 12.4 Å². The van der Waals surface area contributed by atoms with E-state index in [1.165, 1.54) is 17.1 Å². The molecule has 2 bridgehead atoms. The molecule has 0 spiro atoms. The minimum Gasteiger partial charge on any atom is -0.343 e. The lowest BCUT2D eigenvalue weighted by atomic mass is 9.98. The number of piperidine rings is 1. The monoisotopic (exact) mass is 351 g/mol. The van der Waals surface area contributed by atoms with Crippen molar-refractivity contribution in [3.05, 3.63) is 0 Å². The van der Waals surface area contributed by atoms with Crippen LogP contribution in [-0.4, -0.2) is 67.5 Å². The lowest BCUT2D eigenvalue weighted by Crippen LogP contribution is -2.49. The predicted octanol–water partition coefficient (Wildman–Crippen LogP) is 0.575. The Morgan fingerprint density at radius 3 is 2.45 bits per heavy atom. The number of hydrogen-bond acceptors (Lipinski definition) is 4. The second-order valence-corrected chi connectivity index (χ2v) is 8.67. The van der Waals surface area contributed by atoms with Crippen molar-refractivity contribution in [2.75, 3.05) is 25.9 Å². The third-order valence-electron chi connectivity index (χ3n) is 5.17. The van der Waals surface area contributed by atoms with Crippen LogP contribution in [0.5, 0.6) is 0 Å². The van der Waals surface area contributed by atoms with Crippen LogP contribution in [-0.2, 0) is 14.8 Å². The van der Waals surface area contributed by atoms with Gasteiger partial charge in [-0.2, -0.15) is 0 Å². The summed E-state index contributed by atoms with van der Waals surface area (Å²) in [6.45, 7) is 0.903. The molecule has 0 aromatic rings. The first-order valence-electron chi connectivity index (χ1n) is 7.95. The molecule has 6 nitrogen and oxygen atoms in total. The van der Waals surface area contributed by atoms with Gasteiger partial charge in [0.2, 0.25) is 15.9 Å². The smallest absolute Gasteiger partial charge is 0.223 e. The molecular formula is C14H26ClN3O3S. The van der Waals surface area contributed by atoms with Crippen molar-refractivity contribution >= 4 is 28.3 Å². The van der Waals surface area contributed by atoms with E-state index in [4.69, 9.17) is 0 Å². The summed E-state index contributed by atoms with van der Waals surface area (Å²) in [4.78, 5) is 14.2. The third-order valence-corrected chi connectivity index (χ3v) is 7.12. The molecule has 3 aliphatic heterocycles. The Morgan fingerprint density at radius 2 is 1.91 bits per heavy atom. The molecule has 0 aliphatic carbocycles. The van der Waals surface area contributed by atoms with E-state index in [0.29, 0.717) is 44.1 Å². The zero-order valence-corrected chi connectivity index (χ0v) is 14.7. The molecule has 3 saturated heterocycles. The number of fused-ring (bicyclic) bond motifs is 2. The zero-order valence-electron chi connectivity index (χ0n) is 13.0. The molecule has 0 aromatic heterocycles. The number of nitrogens with zero attached hydrogens (tertiary/aromatic N) is 2. The Balaban J connectivity index is 0.00000176. The van der Waals surface area contributed by atoms with Crippen LogP contribution in [0.1, 0.15) is 38.5 Å². The molecule has 3 heterocycles. The Labute approximate surface area is 139 Å². The van der Waals surface area contributed by atoms with Crippen LogP contribution >= 0.6 is 12.4 Å². The molecule has 128 valence electrons. The minimum absolute atomic E-state index is 0. The van der Waals surface area contributed by atoms with E-state index in [0.717, 1.165) is 12.8 Å². The Morgan fingerprint density at radius 1 is 1.27 bits per heavy atom. The molecule has 2 unspecified atom stereocenters. The maximum absolute atomic E-state index is 12.3. The summed E-state index contributed by atoms with van der Waals surface area (Å²) in [6, 6.07) is 1.43. The highest BCUT2D eigenvalue weighted by Gasteiger charge is 2.36. The number of sulfonamides is 1. The lowest BCUT2D eigenvalue weighted by Gasteiger charge is -2.35. The molecule has 3 rings (SSSR count). The van der Waals surface area contributed by atoms with Crippen molar-refractivity contribution in [2.45, 2.75) is 56.7 Å². The first-order valence-corrected chi connectivity index (χ1v) is 9.56. The number of hydrogen-bond donors (Lipinski definition) is 1. The summed E-state index contributed by atoms with van der Waals surface area (Å²) in [5.74, 6) is 0.303. The van der Waals surface area contributed by atoms with Crippen LogP contribution in [0.2, 0.25) is 0 Å². The number of halogens is 1. The van der Waals surface area contributed by atoms with E-state index in [2.05, 4.69) is 5.32 Å². The number of carbonyl (C=O) groups excluding carboxylic acids is 1. The van der Waals surface area contributed by atoms with Crippen LogP contribution in [0.15, 0.2) is 0 Å². The van der Waals surface area contributed by atoms with Gasteiger partial charge in [-0.05, 0) is 32.1 Å². The molecular weight excluding hydrogens is 326 g/mol. The van der Waals surface area contributed by atoms with Gasteiger partial charge in [0.25, 0.3) is 0 Å². The molecule has 0 radical (unpaired) electrons. The van der Waals surface area contributed by atoms with Crippen molar-refractivity contribution < 1.29 is 13.2 Å². The molecule has 8 heteroatoms. The molecule has 1 N–H and O–H groups in total. The first kappa shape index (κ1) is 18.0. The normalized spacial score (nSPS) is 33.4. The molecule has 2 atom stereocenters. The number of rotatable bonds is 4. The van der Waals surface area contributed by atoms with Crippen LogP contribution in [0.3, 0.4) is 0 Å². The van der Waals surface area contributed by atoms with Crippen LogP contribution in [0.4, 0.5) is 0 Å². The molecule has 22 heavy (non-hydrogen) atoms. The topological polar surface area (TPSA) is 69.7 Å². The van der Waals surface area contributed by atoms with Crippen molar-refractivity contribution in [2.24, 2.45) is 0 Å². The van der Waals surface area contributed by atoms with E-state index in [1.54, 1.807) is 0 Å². The fourth-order valence-corrected chi connectivity index (χ4v) is 5.41. The molecule has 0 aromatic carbocycles.